The molecule has 27 heavy (non-hydrogen) atoms. The molecule has 9 heteroatoms. The van der Waals surface area contributed by atoms with Crippen molar-refractivity contribution in [2.24, 2.45) is 5.10 Å². The Morgan fingerprint density at radius 2 is 2.19 bits per heavy atom. The minimum absolute atomic E-state index is 0.0641. The number of hydrogen-bond donors (Lipinski definition) is 1. The van der Waals surface area contributed by atoms with E-state index in [2.05, 4.69) is 31.2 Å². The lowest BCUT2D eigenvalue weighted by Crippen LogP contribution is -1.96. The molecule has 0 saturated carbocycles. The first-order valence-corrected chi connectivity index (χ1v) is 10.2. The predicted molar refractivity (Wildman–Crippen MR) is 111 cm³/mol. The van der Waals surface area contributed by atoms with E-state index in [1.807, 2.05) is 31.2 Å². The first-order chi connectivity index (χ1) is 13.1. The monoisotopic (exact) mass is 466 g/mol. The Morgan fingerprint density at radius 1 is 1.37 bits per heavy atom. The summed E-state index contributed by atoms with van der Waals surface area (Å²) >= 11 is 11.0. The maximum Gasteiger partial charge on any atom is 0.212 e. The van der Waals surface area contributed by atoms with E-state index in [0.717, 1.165) is 16.1 Å². The summed E-state index contributed by atoms with van der Waals surface area (Å²) in [6, 6.07) is 11.1. The van der Waals surface area contributed by atoms with E-state index in [1.54, 1.807) is 23.0 Å². The van der Waals surface area contributed by atoms with Crippen molar-refractivity contribution in [3.05, 3.63) is 63.3 Å². The fourth-order valence-corrected chi connectivity index (χ4v) is 3.82. The third-order valence-corrected chi connectivity index (χ3v) is 5.45. The highest BCUT2D eigenvalue weighted by atomic mass is 79.9. The molecule has 1 N–H and O–H groups in total. The zero-order chi connectivity index (χ0) is 19.2. The molecule has 3 aromatic rings. The molecule has 0 aliphatic rings. The highest BCUT2D eigenvalue weighted by Crippen LogP contribution is 2.35. The highest BCUT2D eigenvalue weighted by Gasteiger charge is 2.09. The Bertz CT molecular complexity index is 964. The molecule has 6 nitrogen and oxygen atoms in total. The number of rotatable bonds is 7. The van der Waals surface area contributed by atoms with Crippen LogP contribution in [0.1, 0.15) is 18.1 Å². The average Bonchev–Trinajstić information content (AvgIpc) is 3.11. The zero-order valence-corrected chi connectivity index (χ0v) is 17.5. The van der Waals surface area contributed by atoms with Crippen LogP contribution in [0.25, 0.3) is 0 Å². The smallest absolute Gasteiger partial charge is 0.212 e. The molecule has 0 aliphatic heterocycles. The van der Waals surface area contributed by atoms with Crippen LogP contribution in [0.15, 0.2) is 57.5 Å². The van der Waals surface area contributed by atoms with E-state index in [1.165, 1.54) is 18.1 Å². The number of halogens is 2. The summed E-state index contributed by atoms with van der Waals surface area (Å²) in [6.07, 6.45) is 3.18. The van der Waals surface area contributed by atoms with Gasteiger partial charge in [0, 0.05) is 10.8 Å². The van der Waals surface area contributed by atoms with Crippen molar-refractivity contribution < 1.29 is 9.84 Å². The maximum absolute atomic E-state index is 9.99. The molecule has 0 radical (unpaired) electrons. The van der Waals surface area contributed by atoms with E-state index in [4.69, 9.17) is 16.3 Å². The Morgan fingerprint density at radius 3 is 2.96 bits per heavy atom. The van der Waals surface area contributed by atoms with E-state index in [-0.39, 0.29) is 5.75 Å². The van der Waals surface area contributed by atoms with Gasteiger partial charge in [-0.3, -0.25) is 0 Å². The molecule has 1 heterocycles. The number of benzene rings is 2. The molecule has 0 spiro atoms. The van der Waals surface area contributed by atoms with Crippen LogP contribution >= 0.6 is 39.3 Å². The van der Waals surface area contributed by atoms with Gasteiger partial charge in [-0.2, -0.15) is 9.78 Å². The van der Waals surface area contributed by atoms with Crippen molar-refractivity contribution in [2.45, 2.75) is 17.8 Å². The number of ether oxygens (including phenoxy) is 1. The molecule has 0 atom stereocenters. The van der Waals surface area contributed by atoms with Gasteiger partial charge in [-0.25, -0.2) is 0 Å². The van der Waals surface area contributed by atoms with Crippen molar-refractivity contribution in [3.8, 4) is 11.5 Å². The lowest BCUT2D eigenvalue weighted by molar-refractivity contribution is 0.317. The molecule has 0 aliphatic carbocycles. The molecule has 0 saturated heterocycles. The number of phenolic OH excluding ortho intramolecular Hbond substituents is 1. The molecule has 0 fully saturated rings. The van der Waals surface area contributed by atoms with Gasteiger partial charge >= 0.3 is 0 Å². The molecule has 0 bridgehead atoms. The third kappa shape index (κ3) is 5.03. The van der Waals surface area contributed by atoms with Crippen molar-refractivity contribution in [1.82, 2.24) is 14.9 Å². The Hall–Kier alpha value is -2.03. The number of thioether (sulfide) groups is 1. The van der Waals surface area contributed by atoms with Gasteiger partial charge in [-0.15, -0.1) is 10.2 Å². The fraction of sp³-hybridized carbons (Fsp3) is 0.167. The van der Waals surface area contributed by atoms with E-state index >= 15 is 0 Å². The van der Waals surface area contributed by atoms with E-state index in [0.29, 0.717) is 27.7 Å². The Kier molecular flexibility index (Phi) is 6.76. The quantitative estimate of drug-likeness (QED) is 0.392. The number of hydrogen-bond acceptors (Lipinski definition) is 6. The van der Waals surface area contributed by atoms with E-state index < -0.39 is 0 Å². The standard InChI is InChI=1S/C18H16BrClN4O2S/c1-2-26-16-8-12(7-14(19)17(16)25)9-22-24-11-21-23-18(24)27-10-13-5-3-4-6-15(13)20/h3-9,11,25H,2,10H2,1H3/b22-9+. The van der Waals surface area contributed by atoms with Crippen LogP contribution in [0.2, 0.25) is 5.02 Å². The van der Waals surface area contributed by atoms with Crippen LogP contribution in [-0.4, -0.2) is 32.8 Å². The average molecular weight is 468 g/mol. The summed E-state index contributed by atoms with van der Waals surface area (Å²) in [6.45, 7) is 2.31. The molecule has 3 rings (SSSR count). The lowest BCUT2D eigenvalue weighted by Gasteiger charge is -2.08. The van der Waals surface area contributed by atoms with Gasteiger partial charge < -0.3 is 9.84 Å². The van der Waals surface area contributed by atoms with Gasteiger partial charge in [0.25, 0.3) is 0 Å². The second-order valence-corrected chi connectivity index (χ2v) is 7.57. The molecule has 2 aromatic carbocycles. The van der Waals surface area contributed by atoms with Crippen LogP contribution in [0.4, 0.5) is 0 Å². The highest BCUT2D eigenvalue weighted by molar-refractivity contribution is 9.10. The number of nitrogens with zero attached hydrogens (tertiary/aromatic N) is 4. The zero-order valence-electron chi connectivity index (χ0n) is 14.3. The molecular formula is C18H16BrClN4O2S. The first kappa shape index (κ1) is 19.7. The summed E-state index contributed by atoms with van der Waals surface area (Å²) in [4.78, 5) is 0. The Labute approximate surface area is 174 Å². The van der Waals surface area contributed by atoms with Gasteiger partial charge in [-0.05, 0) is 52.2 Å². The molecular weight excluding hydrogens is 452 g/mol. The number of aromatic hydroxyl groups is 1. The lowest BCUT2D eigenvalue weighted by atomic mass is 10.2. The van der Waals surface area contributed by atoms with Crippen LogP contribution in [0.5, 0.6) is 11.5 Å². The van der Waals surface area contributed by atoms with Crippen LogP contribution < -0.4 is 4.74 Å². The fourth-order valence-electron chi connectivity index (χ4n) is 2.21. The predicted octanol–water partition coefficient (Wildman–Crippen LogP) is 4.97. The van der Waals surface area contributed by atoms with E-state index in [9.17, 15) is 5.11 Å². The van der Waals surface area contributed by atoms with Gasteiger partial charge in [0.15, 0.2) is 11.5 Å². The third-order valence-electron chi connectivity index (χ3n) is 3.50. The van der Waals surface area contributed by atoms with Crippen molar-refractivity contribution in [1.29, 1.82) is 0 Å². The van der Waals surface area contributed by atoms with Crippen molar-refractivity contribution in [3.63, 3.8) is 0 Å². The van der Waals surface area contributed by atoms with Gasteiger partial charge in [0.05, 0.1) is 17.3 Å². The second-order valence-electron chi connectivity index (χ2n) is 5.37. The van der Waals surface area contributed by atoms with Gasteiger partial charge in [-0.1, -0.05) is 41.6 Å². The van der Waals surface area contributed by atoms with Crippen molar-refractivity contribution >= 4 is 45.5 Å². The summed E-state index contributed by atoms with van der Waals surface area (Å²) in [5, 5.41) is 23.8. The minimum atomic E-state index is 0.0641. The number of phenols is 1. The SMILES string of the molecule is CCOc1cc(/C=N/n2cnnc2SCc2ccccc2Cl)cc(Br)c1O. The van der Waals surface area contributed by atoms with Crippen LogP contribution in [0, 0.1) is 0 Å². The summed E-state index contributed by atoms with van der Waals surface area (Å²) in [7, 11) is 0. The molecule has 0 unspecified atom stereocenters. The number of aromatic nitrogens is 3. The normalized spacial score (nSPS) is 11.2. The largest absolute Gasteiger partial charge is 0.503 e. The van der Waals surface area contributed by atoms with Crippen LogP contribution in [-0.2, 0) is 5.75 Å². The second kappa shape index (κ2) is 9.25. The van der Waals surface area contributed by atoms with Crippen molar-refractivity contribution in [2.75, 3.05) is 6.61 Å². The Balaban J connectivity index is 1.75. The summed E-state index contributed by atoms with van der Waals surface area (Å²) < 4.78 is 7.55. The molecule has 1 aromatic heterocycles. The topological polar surface area (TPSA) is 72.5 Å². The summed E-state index contributed by atoms with van der Waals surface area (Å²) in [5.74, 6) is 1.12. The maximum atomic E-state index is 9.99. The minimum Gasteiger partial charge on any atom is -0.503 e. The summed E-state index contributed by atoms with van der Waals surface area (Å²) in [5.41, 5.74) is 1.78. The van der Waals surface area contributed by atoms with Crippen LogP contribution in [0.3, 0.4) is 0 Å². The van der Waals surface area contributed by atoms with Gasteiger partial charge in [0.1, 0.15) is 6.33 Å². The molecule has 0 amide bonds. The first-order valence-electron chi connectivity index (χ1n) is 8.04. The van der Waals surface area contributed by atoms with Gasteiger partial charge in [0.2, 0.25) is 5.16 Å². The molecule has 140 valence electrons.